The van der Waals surface area contributed by atoms with Crippen LogP contribution in [0.1, 0.15) is 37.4 Å². The summed E-state index contributed by atoms with van der Waals surface area (Å²) in [6, 6.07) is 9.40. The van der Waals surface area contributed by atoms with Crippen molar-refractivity contribution in [2.45, 2.75) is 32.4 Å². The molecule has 1 atom stereocenters. The van der Waals surface area contributed by atoms with Gasteiger partial charge in [-0.25, -0.2) is 4.39 Å². The molecule has 1 heterocycles. The summed E-state index contributed by atoms with van der Waals surface area (Å²) in [6.07, 6.45) is 0.527. The molecule has 2 aromatic rings. The van der Waals surface area contributed by atoms with E-state index in [1.54, 1.807) is 12.1 Å². The van der Waals surface area contributed by atoms with Crippen LogP contribution in [0.4, 0.5) is 4.39 Å². The van der Waals surface area contributed by atoms with E-state index < -0.39 is 23.5 Å². The van der Waals surface area contributed by atoms with Crippen LogP contribution in [0.2, 0.25) is 0 Å². The lowest BCUT2D eigenvalue weighted by molar-refractivity contribution is -0.140. The fourth-order valence-corrected chi connectivity index (χ4v) is 3.80. The van der Waals surface area contributed by atoms with Gasteiger partial charge in [-0.15, -0.1) is 0 Å². The molecule has 0 aromatic heterocycles. The molecule has 33 heavy (non-hydrogen) atoms. The summed E-state index contributed by atoms with van der Waals surface area (Å²) in [4.78, 5) is 27.4. The normalized spacial score (nSPS) is 17.6. The van der Waals surface area contributed by atoms with Crippen LogP contribution >= 0.6 is 0 Å². The van der Waals surface area contributed by atoms with Gasteiger partial charge in [-0.05, 0) is 56.2 Å². The Kier molecular flexibility index (Phi) is 7.71. The van der Waals surface area contributed by atoms with Crippen LogP contribution in [0.3, 0.4) is 0 Å². The van der Waals surface area contributed by atoms with Crippen LogP contribution in [0.5, 0.6) is 11.5 Å². The third kappa shape index (κ3) is 5.17. The zero-order valence-electron chi connectivity index (χ0n) is 19.1. The zero-order chi connectivity index (χ0) is 24.1. The Morgan fingerprint density at radius 3 is 2.39 bits per heavy atom. The SMILES string of the molecule is COc1ccc(OC)c(/C(O)=C2\C(=O)C(=O)N(CCCOC(C)C)C2c2ccc(F)cc2)c1. The zero-order valence-corrected chi connectivity index (χ0v) is 19.1. The standard InChI is InChI=1S/C25H28FNO6/c1-15(2)33-13-5-12-27-22(16-6-8-17(26)9-7-16)21(24(29)25(27)30)23(28)19-14-18(31-3)10-11-20(19)32-4/h6-11,14-15,22,28H,5,12-13H2,1-4H3/b23-21+. The maximum atomic E-state index is 13.6. The van der Waals surface area contributed by atoms with Gasteiger partial charge in [0, 0.05) is 13.2 Å². The monoisotopic (exact) mass is 457 g/mol. The molecule has 1 aliphatic rings. The Morgan fingerprint density at radius 1 is 1.09 bits per heavy atom. The van der Waals surface area contributed by atoms with Crippen molar-refractivity contribution in [3.05, 3.63) is 65.0 Å². The van der Waals surface area contributed by atoms with Crippen LogP contribution in [-0.2, 0) is 14.3 Å². The molecule has 2 aromatic carbocycles. The van der Waals surface area contributed by atoms with E-state index in [0.717, 1.165) is 0 Å². The number of carbonyl (C=O) groups is 2. The number of rotatable bonds is 9. The summed E-state index contributed by atoms with van der Waals surface area (Å²) in [5, 5.41) is 11.2. The Morgan fingerprint density at radius 2 is 1.79 bits per heavy atom. The second-order valence-electron chi connectivity index (χ2n) is 7.88. The smallest absolute Gasteiger partial charge is 0.295 e. The fourth-order valence-electron chi connectivity index (χ4n) is 3.80. The Balaban J connectivity index is 2.10. The van der Waals surface area contributed by atoms with Crippen LogP contribution < -0.4 is 9.47 Å². The molecule has 0 spiro atoms. The molecule has 1 unspecified atom stereocenters. The molecule has 1 amide bonds. The highest BCUT2D eigenvalue weighted by Crippen LogP contribution is 2.41. The Hall–Kier alpha value is -3.39. The highest BCUT2D eigenvalue weighted by Gasteiger charge is 2.46. The molecule has 1 aliphatic heterocycles. The van der Waals surface area contributed by atoms with Crippen molar-refractivity contribution in [2.24, 2.45) is 0 Å². The summed E-state index contributed by atoms with van der Waals surface area (Å²) in [5.74, 6) is -1.65. The van der Waals surface area contributed by atoms with Gasteiger partial charge in [0.05, 0.1) is 37.5 Å². The molecule has 1 N–H and O–H groups in total. The van der Waals surface area contributed by atoms with Crippen molar-refractivity contribution in [3.8, 4) is 11.5 Å². The Bertz CT molecular complexity index is 1050. The molecule has 0 bridgehead atoms. The number of ketones is 1. The van der Waals surface area contributed by atoms with Gasteiger partial charge in [-0.2, -0.15) is 0 Å². The number of methoxy groups -OCH3 is 2. The maximum absolute atomic E-state index is 13.6. The van der Waals surface area contributed by atoms with Gasteiger partial charge >= 0.3 is 0 Å². The minimum atomic E-state index is -0.888. The third-order valence-electron chi connectivity index (χ3n) is 5.38. The van der Waals surface area contributed by atoms with Crippen LogP contribution in [-0.4, -0.2) is 55.2 Å². The van der Waals surface area contributed by atoms with Gasteiger partial charge in [0.25, 0.3) is 11.7 Å². The lowest BCUT2D eigenvalue weighted by Gasteiger charge is -2.25. The second-order valence-corrected chi connectivity index (χ2v) is 7.88. The number of halogens is 1. The van der Waals surface area contributed by atoms with Crippen molar-refractivity contribution in [1.29, 1.82) is 0 Å². The number of aliphatic hydroxyl groups is 1. The molecular formula is C25H28FNO6. The molecule has 3 rings (SSSR count). The topological polar surface area (TPSA) is 85.3 Å². The van der Waals surface area contributed by atoms with E-state index in [4.69, 9.17) is 14.2 Å². The van der Waals surface area contributed by atoms with Crippen molar-refractivity contribution in [2.75, 3.05) is 27.4 Å². The minimum Gasteiger partial charge on any atom is -0.507 e. The summed E-state index contributed by atoms with van der Waals surface area (Å²) in [6.45, 7) is 4.45. The van der Waals surface area contributed by atoms with E-state index in [1.807, 2.05) is 13.8 Å². The van der Waals surface area contributed by atoms with Crippen LogP contribution in [0.15, 0.2) is 48.0 Å². The van der Waals surface area contributed by atoms with Crippen molar-refractivity contribution >= 4 is 17.4 Å². The summed E-state index contributed by atoms with van der Waals surface area (Å²) in [5.41, 5.74) is 0.622. The van der Waals surface area contributed by atoms with Crippen molar-refractivity contribution < 1.29 is 33.3 Å². The molecule has 0 radical (unpaired) electrons. The number of nitrogens with zero attached hydrogens (tertiary/aromatic N) is 1. The number of likely N-dealkylation sites (tertiary alicyclic amines) is 1. The van der Waals surface area contributed by atoms with Gasteiger partial charge in [-0.3, -0.25) is 9.59 Å². The lowest BCUT2D eigenvalue weighted by atomic mass is 9.95. The van der Waals surface area contributed by atoms with Gasteiger partial charge in [0.15, 0.2) is 0 Å². The van der Waals surface area contributed by atoms with E-state index in [0.29, 0.717) is 30.1 Å². The van der Waals surface area contributed by atoms with Gasteiger partial charge in [-0.1, -0.05) is 12.1 Å². The number of ether oxygens (including phenoxy) is 3. The average Bonchev–Trinajstić information content (AvgIpc) is 3.06. The Labute approximate surface area is 192 Å². The van der Waals surface area contributed by atoms with Crippen molar-refractivity contribution in [3.63, 3.8) is 0 Å². The summed E-state index contributed by atoms with van der Waals surface area (Å²) >= 11 is 0. The predicted octanol–water partition coefficient (Wildman–Crippen LogP) is 4.08. The summed E-state index contributed by atoms with van der Waals surface area (Å²) in [7, 11) is 2.91. The minimum absolute atomic E-state index is 0.0360. The first-order valence-electron chi connectivity index (χ1n) is 10.7. The summed E-state index contributed by atoms with van der Waals surface area (Å²) < 4.78 is 29.7. The number of benzene rings is 2. The number of Topliss-reactive ketones (excluding diaryl/α,β-unsaturated/α-hetero) is 1. The first kappa shape index (κ1) is 24.3. The molecular weight excluding hydrogens is 429 g/mol. The largest absolute Gasteiger partial charge is 0.507 e. The molecule has 7 nitrogen and oxygen atoms in total. The number of amides is 1. The lowest BCUT2D eigenvalue weighted by Crippen LogP contribution is -2.31. The number of hydrogen-bond acceptors (Lipinski definition) is 6. The molecule has 1 saturated heterocycles. The predicted molar refractivity (Wildman–Crippen MR) is 121 cm³/mol. The molecule has 176 valence electrons. The van der Waals surface area contributed by atoms with E-state index >= 15 is 0 Å². The van der Waals surface area contributed by atoms with Crippen LogP contribution in [0, 0.1) is 5.82 Å². The molecule has 0 aliphatic carbocycles. The van der Waals surface area contributed by atoms with E-state index in [-0.39, 0.29) is 29.5 Å². The first-order valence-corrected chi connectivity index (χ1v) is 10.7. The second kappa shape index (κ2) is 10.5. The number of carbonyl (C=O) groups excluding carboxylic acids is 2. The van der Waals surface area contributed by atoms with E-state index in [9.17, 15) is 19.1 Å². The fraction of sp³-hybridized carbons (Fsp3) is 0.360. The van der Waals surface area contributed by atoms with E-state index in [1.165, 1.54) is 49.5 Å². The quantitative estimate of drug-likeness (QED) is 0.264. The third-order valence-corrected chi connectivity index (χ3v) is 5.38. The van der Waals surface area contributed by atoms with Crippen LogP contribution in [0.25, 0.3) is 5.76 Å². The van der Waals surface area contributed by atoms with E-state index in [2.05, 4.69) is 0 Å². The number of hydrogen-bond donors (Lipinski definition) is 1. The highest BCUT2D eigenvalue weighted by molar-refractivity contribution is 6.46. The highest BCUT2D eigenvalue weighted by atomic mass is 19.1. The maximum Gasteiger partial charge on any atom is 0.295 e. The average molecular weight is 457 g/mol. The number of aliphatic hydroxyl groups excluding tert-OH is 1. The molecule has 0 saturated carbocycles. The van der Waals surface area contributed by atoms with Gasteiger partial charge in [0.1, 0.15) is 23.1 Å². The molecule has 1 fully saturated rings. The molecule has 8 heteroatoms. The van der Waals surface area contributed by atoms with Gasteiger partial charge < -0.3 is 24.2 Å². The van der Waals surface area contributed by atoms with Gasteiger partial charge in [0.2, 0.25) is 0 Å². The first-order chi connectivity index (χ1) is 15.8. The van der Waals surface area contributed by atoms with Crippen molar-refractivity contribution in [1.82, 2.24) is 4.90 Å².